The van der Waals surface area contributed by atoms with Crippen molar-refractivity contribution in [1.29, 1.82) is 0 Å². The van der Waals surface area contributed by atoms with Gasteiger partial charge in [0.25, 0.3) is 5.56 Å². The molecule has 2 aromatic heterocycles. The topological polar surface area (TPSA) is 72.3 Å². The van der Waals surface area contributed by atoms with Crippen LogP contribution in [0, 0.1) is 0 Å². The summed E-state index contributed by atoms with van der Waals surface area (Å²) in [6.45, 7) is 0.601. The van der Waals surface area contributed by atoms with Crippen molar-refractivity contribution >= 4 is 38.9 Å². The van der Waals surface area contributed by atoms with Gasteiger partial charge in [0.2, 0.25) is 5.91 Å². The number of carbonyl (C=O) groups is 2. The van der Waals surface area contributed by atoms with Crippen molar-refractivity contribution in [2.75, 3.05) is 11.4 Å². The van der Waals surface area contributed by atoms with E-state index in [-0.39, 0.29) is 23.8 Å². The Morgan fingerprint density at radius 3 is 2.92 bits per heavy atom. The monoisotopic (exact) mass is 353 g/mol. The fourth-order valence-electron chi connectivity index (χ4n) is 3.02. The molecule has 1 amide bonds. The van der Waals surface area contributed by atoms with Crippen LogP contribution in [-0.2, 0) is 11.3 Å². The van der Waals surface area contributed by atoms with Gasteiger partial charge in [-0.25, -0.2) is 4.98 Å². The highest BCUT2D eigenvalue weighted by Gasteiger charge is 2.22. The van der Waals surface area contributed by atoms with Gasteiger partial charge in [-0.2, -0.15) is 0 Å². The van der Waals surface area contributed by atoms with Gasteiger partial charge in [0.1, 0.15) is 4.83 Å². The fourth-order valence-corrected chi connectivity index (χ4v) is 3.74. The number of amides is 1. The van der Waals surface area contributed by atoms with Crippen molar-refractivity contribution in [3.05, 3.63) is 58.0 Å². The first-order valence-corrected chi connectivity index (χ1v) is 8.88. The summed E-state index contributed by atoms with van der Waals surface area (Å²) in [6, 6.07) is 8.72. The molecule has 0 saturated carbocycles. The van der Waals surface area contributed by atoms with Gasteiger partial charge in [-0.15, -0.1) is 11.3 Å². The zero-order valence-electron chi connectivity index (χ0n) is 13.3. The highest BCUT2D eigenvalue weighted by atomic mass is 32.1. The molecule has 1 saturated heterocycles. The van der Waals surface area contributed by atoms with Gasteiger partial charge >= 0.3 is 0 Å². The molecule has 1 fully saturated rings. The van der Waals surface area contributed by atoms with Gasteiger partial charge in [0.05, 0.1) is 18.3 Å². The second kappa shape index (κ2) is 6.25. The number of thiophene rings is 1. The molecule has 1 aromatic carbocycles. The predicted molar refractivity (Wildman–Crippen MR) is 96.2 cm³/mol. The summed E-state index contributed by atoms with van der Waals surface area (Å²) < 4.78 is 1.32. The van der Waals surface area contributed by atoms with E-state index in [9.17, 15) is 14.4 Å². The minimum absolute atomic E-state index is 0.0744. The van der Waals surface area contributed by atoms with Crippen LogP contribution in [0.4, 0.5) is 5.69 Å². The number of aromatic nitrogens is 2. The molecule has 0 unspecified atom stereocenters. The normalized spacial score (nSPS) is 14.4. The molecule has 0 spiro atoms. The van der Waals surface area contributed by atoms with E-state index in [0.29, 0.717) is 28.7 Å². The number of anilines is 1. The fraction of sp³-hybridized carbons (Fsp3) is 0.222. The Kier molecular flexibility index (Phi) is 3.93. The largest absolute Gasteiger partial charge is 0.312 e. The summed E-state index contributed by atoms with van der Waals surface area (Å²) in [5.74, 6) is -0.111. The number of nitrogens with zero attached hydrogens (tertiary/aromatic N) is 3. The molecule has 6 nitrogen and oxygen atoms in total. The van der Waals surface area contributed by atoms with Crippen LogP contribution in [0.25, 0.3) is 10.2 Å². The number of hydrogen-bond acceptors (Lipinski definition) is 5. The van der Waals surface area contributed by atoms with Crippen LogP contribution in [0.1, 0.15) is 23.2 Å². The van der Waals surface area contributed by atoms with Crippen LogP contribution >= 0.6 is 11.3 Å². The smallest absolute Gasteiger partial charge is 0.262 e. The Bertz CT molecular complexity index is 1040. The molecule has 3 aromatic rings. The van der Waals surface area contributed by atoms with Crippen molar-refractivity contribution in [3.63, 3.8) is 0 Å². The van der Waals surface area contributed by atoms with Crippen molar-refractivity contribution < 1.29 is 9.59 Å². The molecule has 25 heavy (non-hydrogen) atoms. The zero-order valence-corrected chi connectivity index (χ0v) is 14.2. The van der Waals surface area contributed by atoms with Crippen LogP contribution in [0.2, 0.25) is 0 Å². The van der Waals surface area contributed by atoms with Crippen molar-refractivity contribution in [2.45, 2.75) is 19.4 Å². The van der Waals surface area contributed by atoms with Gasteiger partial charge in [-0.1, -0.05) is 12.1 Å². The second-order valence-electron chi connectivity index (χ2n) is 5.94. The second-order valence-corrected chi connectivity index (χ2v) is 6.83. The molecule has 0 atom stereocenters. The minimum atomic E-state index is -0.217. The minimum Gasteiger partial charge on any atom is -0.312 e. The summed E-state index contributed by atoms with van der Waals surface area (Å²) in [4.78, 5) is 43.5. The van der Waals surface area contributed by atoms with Gasteiger partial charge in [0, 0.05) is 24.2 Å². The number of ketones is 1. The van der Waals surface area contributed by atoms with E-state index in [2.05, 4.69) is 4.98 Å². The van der Waals surface area contributed by atoms with Crippen LogP contribution < -0.4 is 10.5 Å². The highest BCUT2D eigenvalue weighted by molar-refractivity contribution is 7.16. The molecule has 1 aliphatic rings. The zero-order chi connectivity index (χ0) is 17.4. The van der Waals surface area contributed by atoms with Gasteiger partial charge < -0.3 is 4.90 Å². The Morgan fingerprint density at radius 2 is 2.12 bits per heavy atom. The highest BCUT2D eigenvalue weighted by Crippen LogP contribution is 2.22. The molecular formula is C18H15N3O3S. The third-order valence-corrected chi connectivity index (χ3v) is 5.14. The van der Waals surface area contributed by atoms with E-state index in [1.165, 1.54) is 22.2 Å². The lowest BCUT2D eigenvalue weighted by atomic mass is 10.1. The van der Waals surface area contributed by atoms with Crippen molar-refractivity contribution in [1.82, 2.24) is 9.55 Å². The average molecular weight is 353 g/mol. The van der Waals surface area contributed by atoms with Crippen LogP contribution in [-0.4, -0.2) is 27.8 Å². The Balaban J connectivity index is 1.61. The summed E-state index contributed by atoms with van der Waals surface area (Å²) in [5, 5.41) is 2.33. The predicted octanol–water partition coefficient (Wildman–Crippen LogP) is 2.47. The quantitative estimate of drug-likeness (QED) is 0.676. The first-order valence-electron chi connectivity index (χ1n) is 8.00. The first kappa shape index (κ1) is 15.7. The Labute approximate surface area is 147 Å². The van der Waals surface area contributed by atoms with Gasteiger partial charge in [-0.3, -0.25) is 19.0 Å². The maximum Gasteiger partial charge on any atom is 0.262 e. The third-order valence-electron chi connectivity index (χ3n) is 4.32. The third kappa shape index (κ3) is 2.87. The number of benzene rings is 1. The van der Waals surface area contributed by atoms with Crippen molar-refractivity contribution in [2.24, 2.45) is 0 Å². The molecule has 7 heteroatoms. The number of Topliss-reactive ketones (excluding diaryl/α,β-unsaturated/α-hetero) is 1. The van der Waals surface area contributed by atoms with Crippen LogP contribution in [0.3, 0.4) is 0 Å². The van der Waals surface area contributed by atoms with E-state index in [0.717, 1.165) is 12.1 Å². The SMILES string of the molecule is O=C(Cn1cnc2sccc2c1=O)c1cccc(N2CCCC2=O)c1. The summed E-state index contributed by atoms with van der Waals surface area (Å²) in [5.41, 5.74) is 0.993. The van der Waals surface area contributed by atoms with Gasteiger partial charge in [0.15, 0.2) is 5.78 Å². The van der Waals surface area contributed by atoms with E-state index in [4.69, 9.17) is 0 Å². The molecule has 4 rings (SSSR count). The number of carbonyl (C=O) groups excluding carboxylic acids is 2. The maximum atomic E-state index is 12.6. The molecule has 0 radical (unpaired) electrons. The molecule has 3 heterocycles. The average Bonchev–Trinajstić information content (AvgIpc) is 3.26. The lowest BCUT2D eigenvalue weighted by molar-refractivity contribution is -0.117. The Hall–Kier alpha value is -2.80. The summed E-state index contributed by atoms with van der Waals surface area (Å²) in [7, 11) is 0. The van der Waals surface area contributed by atoms with Gasteiger partial charge in [-0.05, 0) is 30.0 Å². The van der Waals surface area contributed by atoms with E-state index >= 15 is 0 Å². The van der Waals surface area contributed by atoms with Crippen LogP contribution in [0.5, 0.6) is 0 Å². The van der Waals surface area contributed by atoms with Crippen molar-refractivity contribution in [3.8, 4) is 0 Å². The first-order chi connectivity index (χ1) is 12.1. The standard InChI is InChI=1S/C18H15N3O3S/c22-15(10-20-11-19-17-14(18(20)24)6-8-25-17)12-3-1-4-13(9-12)21-7-2-5-16(21)23/h1,3-4,6,8-9,11H,2,5,7,10H2. The maximum absolute atomic E-state index is 12.6. The summed E-state index contributed by atoms with van der Waals surface area (Å²) >= 11 is 1.39. The summed E-state index contributed by atoms with van der Waals surface area (Å²) in [6.07, 6.45) is 2.78. The van der Waals surface area contributed by atoms with E-state index in [1.807, 2.05) is 11.4 Å². The van der Waals surface area contributed by atoms with E-state index < -0.39 is 0 Å². The number of hydrogen-bond donors (Lipinski definition) is 0. The molecule has 1 aliphatic heterocycles. The Morgan fingerprint density at radius 1 is 1.24 bits per heavy atom. The molecular weight excluding hydrogens is 338 g/mol. The number of rotatable bonds is 4. The molecule has 0 aliphatic carbocycles. The molecule has 0 bridgehead atoms. The molecule has 0 N–H and O–H groups in total. The van der Waals surface area contributed by atoms with E-state index in [1.54, 1.807) is 29.2 Å². The lowest BCUT2D eigenvalue weighted by Crippen LogP contribution is -2.25. The lowest BCUT2D eigenvalue weighted by Gasteiger charge is -2.16. The number of fused-ring (bicyclic) bond motifs is 1. The molecule has 126 valence electrons. The van der Waals surface area contributed by atoms with Crippen LogP contribution in [0.15, 0.2) is 46.8 Å².